The summed E-state index contributed by atoms with van der Waals surface area (Å²) in [6, 6.07) is 3.74. The molecule has 0 aliphatic rings. The maximum Gasteiger partial charge on any atom is 0.173 e. The lowest BCUT2D eigenvalue weighted by Crippen LogP contribution is -2.30. The summed E-state index contributed by atoms with van der Waals surface area (Å²) in [6.07, 6.45) is 1.69. The van der Waals surface area contributed by atoms with Gasteiger partial charge in [-0.05, 0) is 18.6 Å². The molecule has 0 atom stereocenters. The molecule has 0 unspecified atom stereocenters. The molecule has 0 fully saturated rings. The van der Waals surface area contributed by atoms with Crippen molar-refractivity contribution in [2.45, 2.75) is 6.92 Å². The fourth-order valence-electron chi connectivity index (χ4n) is 0.797. The summed E-state index contributed by atoms with van der Waals surface area (Å²) in [7, 11) is 0. The highest BCUT2D eigenvalue weighted by atomic mass is 15.3. The van der Waals surface area contributed by atoms with Crippen molar-refractivity contribution < 1.29 is 0 Å². The van der Waals surface area contributed by atoms with Crippen LogP contribution in [0.25, 0.3) is 0 Å². The average molecular weight is 138 g/mol. The third-order valence-corrected chi connectivity index (χ3v) is 1.31. The molecule has 4 heteroatoms. The van der Waals surface area contributed by atoms with Crippen molar-refractivity contribution in [2.75, 3.05) is 5.84 Å². The van der Waals surface area contributed by atoms with Gasteiger partial charge in [0.15, 0.2) is 5.49 Å². The molecule has 0 aliphatic carbocycles. The quantitative estimate of drug-likeness (QED) is 0.367. The Kier molecular flexibility index (Phi) is 1.62. The Balaban J connectivity index is 3.47. The smallest absolute Gasteiger partial charge is 0.173 e. The highest BCUT2D eigenvalue weighted by Crippen LogP contribution is 1.83. The molecule has 1 aromatic rings. The molecular weight excluding hydrogens is 128 g/mol. The Hall–Kier alpha value is -1.45. The van der Waals surface area contributed by atoms with E-state index >= 15 is 0 Å². The van der Waals surface area contributed by atoms with Gasteiger partial charge in [-0.3, -0.25) is 4.68 Å². The number of aromatic nitrogens is 1. The van der Waals surface area contributed by atoms with Crippen molar-refractivity contribution in [3.05, 3.63) is 29.4 Å². The number of hydrogen-bond acceptors (Lipinski definition) is 3. The molecule has 0 amide bonds. The van der Waals surface area contributed by atoms with Crippen molar-refractivity contribution >= 4 is 0 Å². The minimum absolute atomic E-state index is 0.600. The first-order valence-corrected chi connectivity index (χ1v) is 2.93. The fraction of sp³-hybridized carbons (Fsp3) is 0.167. The number of aryl methyl sites for hydroxylation is 1. The summed E-state index contributed by atoms with van der Waals surface area (Å²) >= 11 is 0. The Labute approximate surface area is 58.7 Å². The molecule has 0 radical (unpaired) electrons. The summed E-state index contributed by atoms with van der Waals surface area (Å²) in [5, 5.41) is 3.51. The van der Waals surface area contributed by atoms with Gasteiger partial charge in [-0.2, -0.15) is 5.10 Å². The molecule has 4 nitrogen and oxygen atoms in total. The van der Waals surface area contributed by atoms with Crippen molar-refractivity contribution in [1.29, 1.82) is 0 Å². The lowest BCUT2D eigenvalue weighted by Gasteiger charge is -1.99. The van der Waals surface area contributed by atoms with Gasteiger partial charge in [-0.15, -0.1) is 0 Å². The van der Waals surface area contributed by atoms with Gasteiger partial charge in [0.05, 0.1) is 0 Å². The number of rotatable bonds is 0. The Morgan fingerprint density at radius 1 is 1.60 bits per heavy atom. The summed E-state index contributed by atoms with van der Waals surface area (Å²) < 4.78 is 1.38. The van der Waals surface area contributed by atoms with E-state index in [1.807, 2.05) is 19.1 Å². The molecule has 10 heavy (non-hydrogen) atoms. The zero-order valence-electron chi connectivity index (χ0n) is 5.78. The van der Waals surface area contributed by atoms with Crippen LogP contribution in [-0.4, -0.2) is 4.68 Å². The van der Waals surface area contributed by atoms with E-state index in [-0.39, 0.29) is 0 Å². The van der Waals surface area contributed by atoms with Crippen LogP contribution in [0.1, 0.15) is 5.56 Å². The Bertz CT molecular complexity index is 263. The van der Waals surface area contributed by atoms with E-state index in [1.165, 1.54) is 4.68 Å². The Morgan fingerprint density at radius 3 is 2.70 bits per heavy atom. The van der Waals surface area contributed by atoms with E-state index in [2.05, 4.69) is 5.10 Å². The number of nitrogens with zero attached hydrogens (tertiary/aromatic N) is 2. The van der Waals surface area contributed by atoms with Gasteiger partial charge >= 0.3 is 0 Å². The minimum Gasteiger partial charge on any atom is -0.338 e. The van der Waals surface area contributed by atoms with E-state index in [0.29, 0.717) is 5.49 Å². The molecule has 0 saturated carbocycles. The maximum absolute atomic E-state index is 5.47. The second-order valence-corrected chi connectivity index (χ2v) is 2.05. The van der Waals surface area contributed by atoms with Gasteiger partial charge in [0.2, 0.25) is 0 Å². The molecule has 54 valence electrons. The van der Waals surface area contributed by atoms with Gasteiger partial charge in [0, 0.05) is 6.20 Å². The lowest BCUT2D eigenvalue weighted by molar-refractivity contribution is 0.859. The van der Waals surface area contributed by atoms with Crippen molar-refractivity contribution in [3.8, 4) is 0 Å². The average Bonchev–Trinajstić information content (AvgIpc) is 1.88. The number of nitrogens with two attached hydrogens (primary N) is 2. The predicted molar refractivity (Wildman–Crippen MR) is 39.1 cm³/mol. The van der Waals surface area contributed by atoms with Crippen LogP contribution in [0.3, 0.4) is 0 Å². The van der Waals surface area contributed by atoms with Gasteiger partial charge in [-0.25, -0.2) is 0 Å². The van der Waals surface area contributed by atoms with E-state index in [1.54, 1.807) is 6.20 Å². The molecule has 1 rings (SSSR count). The molecular formula is C6H10N4. The zero-order chi connectivity index (χ0) is 7.56. The second kappa shape index (κ2) is 2.43. The Morgan fingerprint density at radius 2 is 2.30 bits per heavy atom. The zero-order valence-corrected chi connectivity index (χ0v) is 5.78. The summed E-state index contributed by atoms with van der Waals surface area (Å²) in [6.45, 7) is 1.90. The van der Waals surface area contributed by atoms with Gasteiger partial charge in [0.25, 0.3) is 0 Å². The van der Waals surface area contributed by atoms with Crippen LogP contribution < -0.4 is 17.2 Å². The third kappa shape index (κ3) is 0.953. The second-order valence-electron chi connectivity index (χ2n) is 2.05. The summed E-state index contributed by atoms with van der Waals surface area (Å²) in [5.74, 6) is 10.6. The molecule has 0 spiro atoms. The van der Waals surface area contributed by atoms with E-state index in [0.717, 1.165) is 5.56 Å². The van der Waals surface area contributed by atoms with Crippen molar-refractivity contribution in [2.24, 2.45) is 10.9 Å². The van der Waals surface area contributed by atoms with E-state index < -0.39 is 0 Å². The third-order valence-electron chi connectivity index (χ3n) is 1.31. The van der Waals surface area contributed by atoms with Crippen LogP contribution in [0, 0.1) is 6.92 Å². The van der Waals surface area contributed by atoms with Crippen LogP contribution in [0.15, 0.2) is 23.4 Å². The van der Waals surface area contributed by atoms with Gasteiger partial charge in [-0.1, -0.05) is 6.07 Å². The van der Waals surface area contributed by atoms with E-state index in [4.69, 9.17) is 11.7 Å². The normalized spacial score (nSPS) is 11.9. The van der Waals surface area contributed by atoms with Gasteiger partial charge in [0.1, 0.15) is 0 Å². The molecule has 0 aliphatic heterocycles. The first-order chi connectivity index (χ1) is 4.75. The molecule has 0 aromatic carbocycles. The van der Waals surface area contributed by atoms with Crippen LogP contribution in [-0.2, 0) is 0 Å². The predicted octanol–water partition coefficient (Wildman–Crippen LogP) is -0.715. The number of hydrogen-bond donors (Lipinski definition) is 2. The first-order valence-electron chi connectivity index (χ1n) is 2.93. The molecule has 4 N–H and O–H groups in total. The number of nitrogen functional groups attached to an aromatic ring is 1. The fourth-order valence-corrected chi connectivity index (χ4v) is 0.797. The molecule has 0 saturated heterocycles. The summed E-state index contributed by atoms with van der Waals surface area (Å²) in [5.41, 5.74) is 1.56. The molecule has 0 bridgehead atoms. The highest BCUT2D eigenvalue weighted by Gasteiger charge is 1.89. The van der Waals surface area contributed by atoms with Crippen molar-refractivity contribution in [1.82, 2.24) is 4.68 Å². The van der Waals surface area contributed by atoms with Crippen LogP contribution in [0.5, 0.6) is 0 Å². The number of pyridine rings is 1. The van der Waals surface area contributed by atoms with Crippen molar-refractivity contribution in [3.63, 3.8) is 0 Å². The minimum atomic E-state index is 0.600. The van der Waals surface area contributed by atoms with E-state index in [9.17, 15) is 0 Å². The first kappa shape index (κ1) is 6.67. The standard InChI is InChI=1S/C6H10N4/c1-5-3-2-4-10(8)6(5)9-7/h2-4H,7-8H2,1H3/b9-6-. The largest absolute Gasteiger partial charge is 0.338 e. The monoisotopic (exact) mass is 138 g/mol. The maximum atomic E-state index is 5.47. The van der Waals surface area contributed by atoms with Crippen LogP contribution >= 0.6 is 0 Å². The molecule has 1 aromatic heterocycles. The topological polar surface area (TPSA) is 69.3 Å². The highest BCUT2D eigenvalue weighted by molar-refractivity contribution is 5.06. The molecule has 1 heterocycles. The van der Waals surface area contributed by atoms with Crippen LogP contribution in [0.4, 0.5) is 0 Å². The summed E-state index contributed by atoms with van der Waals surface area (Å²) in [4.78, 5) is 0. The van der Waals surface area contributed by atoms with Gasteiger partial charge < -0.3 is 11.7 Å². The van der Waals surface area contributed by atoms with Crippen LogP contribution in [0.2, 0.25) is 0 Å². The lowest BCUT2D eigenvalue weighted by atomic mass is 10.3. The SMILES string of the molecule is Cc1cccn(N)/c1=N\N.